The third kappa shape index (κ3) is 6.32. The number of benzene rings is 1. The predicted molar refractivity (Wildman–Crippen MR) is 93.2 cm³/mol. The van der Waals surface area contributed by atoms with Crippen molar-refractivity contribution in [1.82, 2.24) is 9.80 Å². The maximum atomic E-state index is 12.1. The van der Waals surface area contributed by atoms with Gasteiger partial charge in [0.15, 0.2) is 0 Å². The highest BCUT2D eigenvalue weighted by Gasteiger charge is 2.18. The normalized spacial score (nSPS) is 15.8. The monoisotopic (exact) mass is 318 g/mol. The second-order valence-electron chi connectivity index (χ2n) is 6.57. The summed E-state index contributed by atoms with van der Waals surface area (Å²) in [4.78, 5) is 16.3. The highest BCUT2D eigenvalue weighted by Crippen LogP contribution is 2.21. The Hall–Kier alpha value is -1.39. The molecule has 0 spiro atoms. The molecule has 128 valence electrons. The van der Waals surface area contributed by atoms with Gasteiger partial charge < -0.3 is 14.5 Å². The molecule has 4 heteroatoms. The number of likely N-dealkylation sites (N-methyl/N-ethyl adjacent to an activating group) is 2. The molecule has 0 N–H and O–H groups in total. The Balaban J connectivity index is 1.62. The zero-order valence-corrected chi connectivity index (χ0v) is 14.5. The lowest BCUT2D eigenvalue weighted by Gasteiger charge is -2.32. The number of carbonyl (C=O) groups excluding carboxylic acids is 1. The van der Waals surface area contributed by atoms with Gasteiger partial charge in [-0.25, -0.2) is 0 Å². The molecule has 1 aliphatic rings. The average Bonchev–Trinajstić information content (AvgIpc) is 2.61. The Bertz CT molecular complexity index is 458. The van der Waals surface area contributed by atoms with Gasteiger partial charge in [-0.05, 0) is 25.5 Å². The van der Waals surface area contributed by atoms with Crippen LogP contribution in [0, 0.1) is 0 Å². The van der Waals surface area contributed by atoms with Crippen molar-refractivity contribution in [1.29, 1.82) is 0 Å². The van der Waals surface area contributed by atoms with Gasteiger partial charge in [-0.15, -0.1) is 0 Å². The maximum absolute atomic E-state index is 12.1. The number of carbonyl (C=O) groups is 1. The van der Waals surface area contributed by atoms with Crippen LogP contribution in [-0.4, -0.2) is 55.5 Å². The van der Waals surface area contributed by atoms with E-state index in [1.807, 2.05) is 37.4 Å². The van der Waals surface area contributed by atoms with E-state index in [1.165, 1.54) is 32.1 Å². The number of ether oxygens (including phenoxy) is 1. The summed E-state index contributed by atoms with van der Waals surface area (Å²) in [7, 11) is 4.04. The Labute approximate surface area is 140 Å². The molecule has 1 aromatic carbocycles. The first-order chi connectivity index (χ1) is 11.2. The Morgan fingerprint density at radius 2 is 1.78 bits per heavy atom. The molecule has 0 unspecified atom stereocenters. The first-order valence-electron chi connectivity index (χ1n) is 8.72. The summed E-state index contributed by atoms with van der Waals surface area (Å²) in [5, 5.41) is 0. The Morgan fingerprint density at radius 1 is 1.09 bits per heavy atom. The SMILES string of the molecule is CN(CCN(C)C1CCCCC1)C(=O)COCc1ccccc1. The van der Waals surface area contributed by atoms with Crippen LogP contribution in [0.3, 0.4) is 0 Å². The number of hydrogen-bond acceptors (Lipinski definition) is 3. The van der Waals surface area contributed by atoms with E-state index in [0.29, 0.717) is 12.6 Å². The van der Waals surface area contributed by atoms with Gasteiger partial charge in [0.1, 0.15) is 6.61 Å². The van der Waals surface area contributed by atoms with Gasteiger partial charge in [-0.3, -0.25) is 4.79 Å². The van der Waals surface area contributed by atoms with Gasteiger partial charge in [0.05, 0.1) is 6.61 Å². The first kappa shape index (κ1) is 18.0. The predicted octanol–water partition coefficient (Wildman–Crippen LogP) is 2.93. The summed E-state index contributed by atoms with van der Waals surface area (Å²) in [6.07, 6.45) is 6.67. The molecule has 0 radical (unpaired) electrons. The van der Waals surface area contributed by atoms with Crippen LogP contribution in [0.4, 0.5) is 0 Å². The lowest BCUT2D eigenvalue weighted by molar-refractivity contribution is -0.135. The second kappa shape index (κ2) is 9.68. The number of rotatable bonds is 8. The van der Waals surface area contributed by atoms with Crippen LogP contribution in [0.25, 0.3) is 0 Å². The van der Waals surface area contributed by atoms with E-state index in [9.17, 15) is 4.79 Å². The van der Waals surface area contributed by atoms with Crippen molar-refractivity contribution in [3.63, 3.8) is 0 Å². The van der Waals surface area contributed by atoms with Crippen molar-refractivity contribution in [2.75, 3.05) is 33.8 Å². The summed E-state index contributed by atoms with van der Waals surface area (Å²) in [6.45, 7) is 2.34. The third-order valence-corrected chi connectivity index (χ3v) is 4.75. The van der Waals surface area contributed by atoms with Crippen LogP contribution in [-0.2, 0) is 16.1 Å². The number of hydrogen-bond donors (Lipinski definition) is 0. The molecular formula is C19H30N2O2. The van der Waals surface area contributed by atoms with E-state index in [1.54, 1.807) is 4.90 Å². The molecule has 0 bridgehead atoms. The van der Waals surface area contributed by atoms with Crippen molar-refractivity contribution in [2.45, 2.75) is 44.8 Å². The molecule has 0 saturated heterocycles. The van der Waals surface area contributed by atoms with Crippen LogP contribution >= 0.6 is 0 Å². The largest absolute Gasteiger partial charge is 0.367 e. The van der Waals surface area contributed by atoms with Crippen LogP contribution in [0.5, 0.6) is 0 Å². The number of nitrogens with zero attached hydrogens (tertiary/aromatic N) is 2. The van der Waals surface area contributed by atoms with Gasteiger partial charge in [-0.1, -0.05) is 49.6 Å². The summed E-state index contributed by atoms with van der Waals surface area (Å²) in [5.74, 6) is 0.0537. The maximum Gasteiger partial charge on any atom is 0.248 e. The average molecular weight is 318 g/mol. The smallest absolute Gasteiger partial charge is 0.248 e. The Kier molecular flexibility index (Phi) is 7.56. The van der Waals surface area contributed by atoms with E-state index in [0.717, 1.165) is 18.7 Å². The highest BCUT2D eigenvalue weighted by atomic mass is 16.5. The fourth-order valence-electron chi connectivity index (χ4n) is 3.08. The molecule has 0 heterocycles. The molecule has 1 fully saturated rings. The fraction of sp³-hybridized carbons (Fsp3) is 0.632. The molecule has 1 amide bonds. The van der Waals surface area contributed by atoms with Crippen molar-refractivity contribution >= 4 is 5.91 Å². The fourth-order valence-corrected chi connectivity index (χ4v) is 3.08. The minimum atomic E-state index is 0.0537. The second-order valence-corrected chi connectivity index (χ2v) is 6.57. The van der Waals surface area contributed by atoms with E-state index < -0.39 is 0 Å². The van der Waals surface area contributed by atoms with E-state index in [2.05, 4.69) is 11.9 Å². The van der Waals surface area contributed by atoms with Crippen LogP contribution < -0.4 is 0 Å². The molecule has 0 atom stereocenters. The molecular weight excluding hydrogens is 288 g/mol. The standard InChI is InChI=1S/C19H30N2O2/c1-20(18-11-7-4-8-12-18)13-14-21(2)19(22)16-23-15-17-9-5-3-6-10-17/h3,5-6,9-10,18H,4,7-8,11-16H2,1-2H3. The molecule has 0 aliphatic heterocycles. The van der Waals surface area contributed by atoms with Crippen molar-refractivity contribution in [3.05, 3.63) is 35.9 Å². The zero-order valence-electron chi connectivity index (χ0n) is 14.5. The van der Waals surface area contributed by atoms with E-state index in [-0.39, 0.29) is 12.5 Å². The minimum Gasteiger partial charge on any atom is -0.367 e. The molecule has 23 heavy (non-hydrogen) atoms. The third-order valence-electron chi connectivity index (χ3n) is 4.75. The summed E-state index contributed by atoms with van der Waals surface area (Å²) >= 11 is 0. The van der Waals surface area contributed by atoms with Crippen LogP contribution in [0.15, 0.2) is 30.3 Å². The van der Waals surface area contributed by atoms with E-state index in [4.69, 9.17) is 4.74 Å². The lowest BCUT2D eigenvalue weighted by Crippen LogP contribution is -2.41. The van der Waals surface area contributed by atoms with Crippen molar-refractivity contribution < 1.29 is 9.53 Å². The van der Waals surface area contributed by atoms with Crippen LogP contribution in [0.1, 0.15) is 37.7 Å². The molecule has 1 aliphatic carbocycles. The summed E-state index contributed by atoms with van der Waals surface area (Å²) < 4.78 is 5.52. The van der Waals surface area contributed by atoms with E-state index >= 15 is 0 Å². The summed E-state index contributed by atoms with van der Waals surface area (Å²) in [6, 6.07) is 10.6. The van der Waals surface area contributed by atoms with Gasteiger partial charge in [0.25, 0.3) is 0 Å². The lowest BCUT2D eigenvalue weighted by atomic mass is 9.94. The van der Waals surface area contributed by atoms with Gasteiger partial charge in [0, 0.05) is 26.2 Å². The molecule has 4 nitrogen and oxygen atoms in total. The molecule has 1 saturated carbocycles. The van der Waals surface area contributed by atoms with Crippen molar-refractivity contribution in [2.24, 2.45) is 0 Å². The molecule has 1 aromatic rings. The minimum absolute atomic E-state index is 0.0537. The van der Waals surface area contributed by atoms with Gasteiger partial charge in [-0.2, -0.15) is 0 Å². The zero-order chi connectivity index (χ0) is 16.5. The molecule has 0 aromatic heterocycles. The first-order valence-corrected chi connectivity index (χ1v) is 8.72. The molecule has 2 rings (SSSR count). The van der Waals surface area contributed by atoms with Crippen molar-refractivity contribution in [3.8, 4) is 0 Å². The van der Waals surface area contributed by atoms with Gasteiger partial charge in [0.2, 0.25) is 5.91 Å². The summed E-state index contributed by atoms with van der Waals surface area (Å²) in [5.41, 5.74) is 1.10. The quantitative estimate of drug-likeness (QED) is 0.739. The van der Waals surface area contributed by atoms with Gasteiger partial charge >= 0.3 is 0 Å². The topological polar surface area (TPSA) is 32.8 Å². The number of amides is 1. The van der Waals surface area contributed by atoms with Crippen LogP contribution in [0.2, 0.25) is 0 Å². The highest BCUT2D eigenvalue weighted by molar-refractivity contribution is 5.77. The Morgan fingerprint density at radius 3 is 2.48 bits per heavy atom.